The molecule has 0 atom stereocenters. The van der Waals surface area contributed by atoms with Gasteiger partial charge in [0.2, 0.25) is 10.0 Å². The van der Waals surface area contributed by atoms with Gasteiger partial charge < -0.3 is 14.4 Å². The maximum Gasteiger partial charge on any atom is 0.243 e. The lowest BCUT2D eigenvalue weighted by Gasteiger charge is -2.32. The molecule has 2 aliphatic heterocycles. The monoisotopic (exact) mass is 409 g/mol. The number of rotatable bonds is 4. The lowest BCUT2D eigenvalue weighted by Crippen LogP contribution is -3.13. The SMILES string of the molecule is O=S(=O)(c1ccc2c(c1)OCCO2)N1CC[NH+](Cc2ccccc2Cl)CC1. The lowest BCUT2D eigenvalue weighted by molar-refractivity contribution is -0.917. The molecular formula is C19H22ClN2O4S+. The molecule has 0 aromatic heterocycles. The summed E-state index contributed by atoms with van der Waals surface area (Å²) >= 11 is 6.24. The molecule has 0 amide bonds. The van der Waals surface area contributed by atoms with E-state index in [1.54, 1.807) is 22.5 Å². The Morgan fingerprint density at radius 3 is 2.44 bits per heavy atom. The van der Waals surface area contributed by atoms with Crippen LogP contribution in [0.5, 0.6) is 11.5 Å². The third-order valence-electron chi connectivity index (χ3n) is 4.98. The van der Waals surface area contributed by atoms with Crippen molar-refractivity contribution in [2.75, 3.05) is 39.4 Å². The van der Waals surface area contributed by atoms with Gasteiger partial charge in [-0.3, -0.25) is 0 Å². The molecule has 0 aliphatic carbocycles. The molecule has 2 aromatic carbocycles. The zero-order chi connectivity index (χ0) is 18.9. The molecule has 2 aromatic rings. The van der Waals surface area contributed by atoms with Crippen molar-refractivity contribution in [3.8, 4) is 11.5 Å². The summed E-state index contributed by atoms with van der Waals surface area (Å²) in [7, 11) is -3.54. The Kier molecular flexibility index (Phi) is 5.27. The smallest absolute Gasteiger partial charge is 0.243 e. The topological polar surface area (TPSA) is 60.3 Å². The molecule has 27 heavy (non-hydrogen) atoms. The van der Waals surface area contributed by atoms with Gasteiger partial charge in [0, 0.05) is 16.7 Å². The zero-order valence-electron chi connectivity index (χ0n) is 14.9. The third kappa shape index (κ3) is 3.91. The van der Waals surface area contributed by atoms with E-state index in [2.05, 4.69) is 0 Å². The van der Waals surface area contributed by atoms with E-state index in [4.69, 9.17) is 21.1 Å². The Hall–Kier alpha value is -1.80. The number of hydrogen-bond acceptors (Lipinski definition) is 4. The molecule has 4 rings (SSSR count). The predicted octanol–water partition coefficient (Wildman–Crippen LogP) is 1.20. The summed E-state index contributed by atoms with van der Waals surface area (Å²) in [6.45, 7) is 4.17. The Morgan fingerprint density at radius 2 is 1.70 bits per heavy atom. The highest BCUT2D eigenvalue weighted by molar-refractivity contribution is 7.89. The molecule has 0 bridgehead atoms. The third-order valence-corrected chi connectivity index (χ3v) is 7.24. The Bertz CT molecular complexity index is 927. The van der Waals surface area contributed by atoms with Crippen LogP contribution < -0.4 is 14.4 Å². The van der Waals surface area contributed by atoms with Gasteiger partial charge >= 0.3 is 0 Å². The predicted molar refractivity (Wildman–Crippen MR) is 102 cm³/mol. The van der Waals surface area contributed by atoms with Gasteiger partial charge in [0.1, 0.15) is 19.8 Å². The van der Waals surface area contributed by atoms with Crippen LogP contribution in [0.1, 0.15) is 5.56 Å². The normalized spacial score (nSPS) is 18.4. The minimum atomic E-state index is -3.54. The van der Waals surface area contributed by atoms with Crippen LogP contribution in [0.25, 0.3) is 0 Å². The first-order chi connectivity index (χ1) is 13.0. The van der Waals surface area contributed by atoms with Crippen molar-refractivity contribution in [1.29, 1.82) is 0 Å². The maximum absolute atomic E-state index is 13.0. The minimum Gasteiger partial charge on any atom is -0.486 e. The Morgan fingerprint density at radius 1 is 1.00 bits per heavy atom. The van der Waals surface area contributed by atoms with E-state index in [1.807, 2.05) is 24.3 Å². The van der Waals surface area contributed by atoms with Crippen molar-refractivity contribution in [1.82, 2.24) is 4.31 Å². The summed E-state index contributed by atoms with van der Waals surface area (Å²) in [5.74, 6) is 1.08. The van der Waals surface area contributed by atoms with Crippen LogP contribution in [0.4, 0.5) is 0 Å². The quantitative estimate of drug-likeness (QED) is 0.824. The number of nitrogens with zero attached hydrogens (tertiary/aromatic N) is 1. The van der Waals surface area contributed by atoms with E-state index in [0.29, 0.717) is 37.8 Å². The van der Waals surface area contributed by atoms with Crippen molar-refractivity contribution in [2.45, 2.75) is 11.4 Å². The van der Waals surface area contributed by atoms with Crippen LogP contribution in [0.3, 0.4) is 0 Å². The highest BCUT2D eigenvalue weighted by atomic mass is 35.5. The number of nitrogens with one attached hydrogen (secondary N) is 1. The average molecular weight is 410 g/mol. The fourth-order valence-corrected chi connectivity index (χ4v) is 5.12. The second kappa shape index (κ2) is 7.67. The van der Waals surface area contributed by atoms with Crippen molar-refractivity contribution in [3.05, 3.63) is 53.1 Å². The number of hydrogen-bond donors (Lipinski definition) is 1. The van der Waals surface area contributed by atoms with E-state index in [-0.39, 0.29) is 4.90 Å². The highest BCUT2D eigenvalue weighted by Gasteiger charge is 2.31. The number of sulfonamides is 1. The van der Waals surface area contributed by atoms with Gasteiger partial charge in [0.25, 0.3) is 0 Å². The van der Waals surface area contributed by atoms with Crippen LogP contribution in [0.2, 0.25) is 5.02 Å². The molecule has 144 valence electrons. The molecule has 6 nitrogen and oxygen atoms in total. The fraction of sp³-hybridized carbons (Fsp3) is 0.368. The molecule has 0 unspecified atom stereocenters. The Balaban J connectivity index is 1.43. The summed E-state index contributed by atoms with van der Waals surface area (Å²) in [4.78, 5) is 1.58. The molecule has 2 aliphatic rings. The number of ether oxygens (including phenoxy) is 2. The second-order valence-corrected chi connectivity index (χ2v) is 9.07. The minimum absolute atomic E-state index is 0.251. The number of quaternary nitrogens is 1. The van der Waals surface area contributed by atoms with Gasteiger partial charge in [-0.05, 0) is 18.2 Å². The molecule has 8 heteroatoms. The first-order valence-corrected chi connectivity index (χ1v) is 10.8. The van der Waals surface area contributed by atoms with Crippen LogP contribution >= 0.6 is 11.6 Å². The van der Waals surface area contributed by atoms with E-state index in [0.717, 1.165) is 30.2 Å². The van der Waals surface area contributed by atoms with Crippen molar-refractivity contribution >= 4 is 21.6 Å². The number of fused-ring (bicyclic) bond motifs is 1. The summed E-state index contributed by atoms with van der Waals surface area (Å²) in [5.41, 5.74) is 1.09. The van der Waals surface area contributed by atoms with E-state index in [1.165, 1.54) is 4.90 Å². The van der Waals surface area contributed by atoms with Crippen LogP contribution in [0, 0.1) is 0 Å². The van der Waals surface area contributed by atoms with Crippen molar-refractivity contribution in [3.63, 3.8) is 0 Å². The van der Waals surface area contributed by atoms with E-state index < -0.39 is 10.0 Å². The fourth-order valence-electron chi connectivity index (χ4n) is 3.46. The van der Waals surface area contributed by atoms with Gasteiger partial charge in [-0.25, -0.2) is 8.42 Å². The average Bonchev–Trinajstić information content (AvgIpc) is 2.70. The van der Waals surface area contributed by atoms with E-state index in [9.17, 15) is 8.42 Å². The van der Waals surface area contributed by atoms with Gasteiger partial charge in [0.05, 0.1) is 31.1 Å². The molecule has 1 saturated heterocycles. The highest BCUT2D eigenvalue weighted by Crippen LogP contribution is 2.33. The van der Waals surface area contributed by atoms with Gasteiger partial charge in [-0.15, -0.1) is 0 Å². The Labute approximate surface area is 164 Å². The maximum atomic E-state index is 13.0. The van der Waals surface area contributed by atoms with E-state index >= 15 is 0 Å². The summed E-state index contributed by atoms with van der Waals surface area (Å²) in [5, 5.41) is 0.760. The van der Waals surface area contributed by atoms with Gasteiger partial charge in [0.15, 0.2) is 11.5 Å². The molecule has 0 saturated carbocycles. The summed E-state index contributed by atoms with van der Waals surface area (Å²) < 4.78 is 38.5. The first kappa shape index (κ1) is 18.6. The molecule has 1 fully saturated rings. The second-order valence-electron chi connectivity index (χ2n) is 6.73. The largest absolute Gasteiger partial charge is 0.486 e. The van der Waals surface area contributed by atoms with Gasteiger partial charge in [-0.1, -0.05) is 29.8 Å². The van der Waals surface area contributed by atoms with Gasteiger partial charge in [-0.2, -0.15) is 4.31 Å². The zero-order valence-corrected chi connectivity index (χ0v) is 16.4. The molecular weight excluding hydrogens is 388 g/mol. The first-order valence-electron chi connectivity index (χ1n) is 9.01. The van der Waals surface area contributed by atoms with Crippen LogP contribution in [-0.4, -0.2) is 52.1 Å². The molecule has 0 spiro atoms. The lowest BCUT2D eigenvalue weighted by atomic mass is 10.2. The molecule has 2 heterocycles. The standard InChI is InChI=1S/C19H21ClN2O4S/c20-17-4-2-1-3-15(17)14-21-7-9-22(10-8-21)27(23,24)16-5-6-18-19(13-16)26-12-11-25-18/h1-6,13H,7-12,14H2/p+1. The number of benzene rings is 2. The van der Waals surface area contributed by atoms with Crippen LogP contribution in [-0.2, 0) is 16.6 Å². The summed E-state index contributed by atoms with van der Waals surface area (Å²) in [6, 6.07) is 12.6. The van der Waals surface area contributed by atoms with Crippen molar-refractivity contribution in [2.24, 2.45) is 0 Å². The molecule has 1 N–H and O–H groups in total. The molecule has 0 radical (unpaired) electrons. The number of piperazine rings is 1. The summed E-state index contributed by atoms with van der Waals surface area (Å²) in [6.07, 6.45) is 0. The number of halogens is 1. The van der Waals surface area contributed by atoms with Crippen molar-refractivity contribution < 1.29 is 22.8 Å². The van der Waals surface area contributed by atoms with Crippen LogP contribution in [0.15, 0.2) is 47.4 Å².